The Kier molecular flexibility index (Phi) is 6.87. The van der Waals surface area contributed by atoms with Crippen molar-refractivity contribution in [1.29, 1.82) is 0 Å². The van der Waals surface area contributed by atoms with Crippen LogP contribution in [0.5, 0.6) is 0 Å². The van der Waals surface area contributed by atoms with E-state index in [2.05, 4.69) is 180 Å². The third-order valence-electron chi connectivity index (χ3n) is 9.31. The van der Waals surface area contributed by atoms with Gasteiger partial charge in [0.05, 0.1) is 0 Å². The summed E-state index contributed by atoms with van der Waals surface area (Å²) in [7, 11) is 0. The van der Waals surface area contributed by atoms with Gasteiger partial charge in [-0.05, 0) is 99.4 Å². The summed E-state index contributed by atoms with van der Waals surface area (Å²) in [6.45, 7) is 0.813. The molecule has 0 fully saturated rings. The summed E-state index contributed by atoms with van der Waals surface area (Å²) < 4.78 is 6.76. The molecule has 1 aliphatic heterocycles. The van der Waals surface area contributed by atoms with Crippen molar-refractivity contribution in [3.8, 4) is 22.3 Å². The van der Waals surface area contributed by atoms with Gasteiger partial charge in [-0.2, -0.15) is 0 Å². The lowest BCUT2D eigenvalue weighted by atomic mass is 9.93. The lowest BCUT2D eigenvalue weighted by Gasteiger charge is -2.26. The van der Waals surface area contributed by atoms with Crippen molar-refractivity contribution in [3.63, 3.8) is 0 Å². The van der Waals surface area contributed by atoms with E-state index in [1.54, 1.807) is 0 Å². The molecule has 0 atom stereocenters. The maximum Gasteiger partial charge on any atom is 0.143 e. The fraction of sp³-hybridized carbons (Fsp3) is 0.0222. The summed E-state index contributed by atoms with van der Waals surface area (Å²) in [4.78, 5) is 2.31. The molecule has 0 radical (unpaired) electrons. The second kappa shape index (κ2) is 11.8. The number of fused-ring (bicyclic) bond motifs is 5. The minimum atomic E-state index is 0.813. The number of anilines is 3. The molecule has 8 aromatic rings. The number of hydrogen-bond acceptors (Lipinski definition) is 3. The van der Waals surface area contributed by atoms with Gasteiger partial charge in [-0.1, -0.05) is 115 Å². The van der Waals surface area contributed by atoms with Gasteiger partial charge in [0, 0.05) is 39.9 Å². The van der Waals surface area contributed by atoms with Crippen molar-refractivity contribution in [2.45, 2.75) is 0 Å². The number of benzene rings is 7. The highest BCUT2D eigenvalue weighted by atomic mass is 16.3. The Balaban J connectivity index is 1.18. The fourth-order valence-corrected chi connectivity index (χ4v) is 7.02. The smallest absolute Gasteiger partial charge is 0.143 e. The van der Waals surface area contributed by atoms with E-state index in [1.165, 1.54) is 33.0 Å². The van der Waals surface area contributed by atoms with Gasteiger partial charge < -0.3 is 14.6 Å². The Labute approximate surface area is 279 Å². The molecule has 1 aliphatic rings. The Bertz CT molecular complexity index is 2470. The molecule has 3 heteroatoms. The zero-order chi connectivity index (χ0) is 31.9. The van der Waals surface area contributed by atoms with Crippen molar-refractivity contribution in [1.82, 2.24) is 5.32 Å². The van der Waals surface area contributed by atoms with Crippen molar-refractivity contribution >= 4 is 55.3 Å². The van der Waals surface area contributed by atoms with Crippen LogP contribution in [0.3, 0.4) is 0 Å². The first-order chi connectivity index (χ1) is 23.8. The van der Waals surface area contributed by atoms with Crippen LogP contribution in [0.15, 0.2) is 180 Å². The van der Waals surface area contributed by atoms with Crippen LogP contribution < -0.4 is 10.2 Å². The Morgan fingerprint density at radius 2 is 1.17 bits per heavy atom. The maximum absolute atomic E-state index is 6.76. The number of dihydropyridines is 1. The molecule has 0 aliphatic carbocycles. The van der Waals surface area contributed by atoms with E-state index in [-0.39, 0.29) is 0 Å². The van der Waals surface area contributed by atoms with E-state index in [1.807, 2.05) is 6.20 Å². The number of furan rings is 1. The maximum atomic E-state index is 6.76. The van der Waals surface area contributed by atoms with E-state index >= 15 is 0 Å². The van der Waals surface area contributed by atoms with E-state index in [0.29, 0.717) is 0 Å². The highest BCUT2D eigenvalue weighted by Gasteiger charge is 2.20. The normalized spacial score (nSPS) is 12.7. The van der Waals surface area contributed by atoms with Gasteiger partial charge in [-0.15, -0.1) is 0 Å². The van der Waals surface area contributed by atoms with Crippen molar-refractivity contribution in [3.05, 3.63) is 182 Å². The fourth-order valence-electron chi connectivity index (χ4n) is 7.02. The molecule has 0 bridgehead atoms. The lowest BCUT2D eigenvalue weighted by Crippen LogP contribution is -2.09. The van der Waals surface area contributed by atoms with Crippen molar-refractivity contribution < 1.29 is 4.42 Å². The first kappa shape index (κ1) is 27.9. The molecule has 0 unspecified atom stereocenters. The summed E-state index contributed by atoms with van der Waals surface area (Å²) in [6, 6.07) is 56.1. The van der Waals surface area contributed by atoms with E-state index in [0.717, 1.165) is 56.7 Å². The van der Waals surface area contributed by atoms with Gasteiger partial charge in [-0.3, -0.25) is 0 Å². The summed E-state index contributed by atoms with van der Waals surface area (Å²) in [5, 5.41) is 8.00. The molecule has 2 heterocycles. The van der Waals surface area contributed by atoms with Crippen LogP contribution in [-0.4, -0.2) is 6.54 Å². The molecule has 0 saturated carbocycles. The molecule has 9 rings (SSSR count). The van der Waals surface area contributed by atoms with Crippen LogP contribution in [0.4, 0.5) is 17.1 Å². The molecule has 1 aromatic heterocycles. The molecular formula is C45H32N2O. The molecule has 0 amide bonds. The summed E-state index contributed by atoms with van der Waals surface area (Å²) >= 11 is 0. The minimum Gasteiger partial charge on any atom is -0.455 e. The van der Waals surface area contributed by atoms with Gasteiger partial charge in [-0.25, -0.2) is 0 Å². The molecule has 7 aromatic carbocycles. The third-order valence-corrected chi connectivity index (χ3v) is 9.31. The quantitative estimate of drug-likeness (QED) is 0.201. The van der Waals surface area contributed by atoms with Crippen LogP contribution in [0.1, 0.15) is 5.56 Å². The second-order valence-electron chi connectivity index (χ2n) is 12.2. The Hall–Kier alpha value is -6.32. The Morgan fingerprint density at radius 3 is 1.90 bits per heavy atom. The minimum absolute atomic E-state index is 0.813. The van der Waals surface area contributed by atoms with Crippen LogP contribution in [0, 0.1) is 0 Å². The standard InChI is InChI=1S/C45H32N2O/c1-3-10-31(11-4-1)32-18-22-37(23-19-32)47(36-13-5-2-6-14-36)38-24-20-33(21-25-38)41-30-35-12-7-8-15-40(35)44-43-39(34-26-28-46-29-27-34)16-9-17-42(43)48-45(41)44/h1-28,30,46H,29H2. The van der Waals surface area contributed by atoms with Gasteiger partial charge in [0.15, 0.2) is 0 Å². The first-order valence-corrected chi connectivity index (χ1v) is 16.4. The SMILES string of the molecule is C1=CC(c2cccc3oc4c(-c5ccc(N(c6ccccc6)c6ccc(-c7ccccc7)cc6)cc5)cc5ccccc5c4c23)=CCN1. The lowest BCUT2D eigenvalue weighted by molar-refractivity contribution is 0.670. The van der Waals surface area contributed by atoms with Gasteiger partial charge in [0.1, 0.15) is 11.2 Å². The van der Waals surface area contributed by atoms with Crippen molar-refractivity contribution in [2.75, 3.05) is 11.4 Å². The van der Waals surface area contributed by atoms with Crippen LogP contribution >= 0.6 is 0 Å². The predicted molar refractivity (Wildman–Crippen MR) is 202 cm³/mol. The monoisotopic (exact) mass is 616 g/mol. The molecule has 228 valence electrons. The van der Waals surface area contributed by atoms with Gasteiger partial charge >= 0.3 is 0 Å². The highest BCUT2D eigenvalue weighted by molar-refractivity contribution is 6.24. The van der Waals surface area contributed by atoms with Crippen molar-refractivity contribution in [2.24, 2.45) is 0 Å². The topological polar surface area (TPSA) is 28.4 Å². The summed E-state index contributed by atoms with van der Waals surface area (Å²) in [5.74, 6) is 0. The number of nitrogens with one attached hydrogen (secondary N) is 1. The molecule has 0 saturated heterocycles. The number of hydrogen-bond donors (Lipinski definition) is 1. The van der Waals surface area contributed by atoms with Gasteiger partial charge in [0.2, 0.25) is 0 Å². The first-order valence-electron chi connectivity index (χ1n) is 16.4. The molecule has 48 heavy (non-hydrogen) atoms. The average Bonchev–Trinajstić information content (AvgIpc) is 3.57. The zero-order valence-corrected chi connectivity index (χ0v) is 26.3. The number of para-hydroxylation sites is 1. The predicted octanol–water partition coefficient (Wildman–Crippen LogP) is 12.0. The number of allylic oxidation sites excluding steroid dienone is 2. The number of rotatable bonds is 6. The van der Waals surface area contributed by atoms with Crippen LogP contribution in [0.25, 0.3) is 60.5 Å². The third kappa shape index (κ3) is 4.85. The zero-order valence-electron chi connectivity index (χ0n) is 26.3. The average molecular weight is 617 g/mol. The van der Waals surface area contributed by atoms with Crippen LogP contribution in [-0.2, 0) is 0 Å². The van der Waals surface area contributed by atoms with E-state index in [9.17, 15) is 0 Å². The largest absolute Gasteiger partial charge is 0.455 e. The van der Waals surface area contributed by atoms with Gasteiger partial charge in [0.25, 0.3) is 0 Å². The molecule has 3 nitrogen and oxygen atoms in total. The second-order valence-corrected chi connectivity index (χ2v) is 12.2. The van der Waals surface area contributed by atoms with E-state index in [4.69, 9.17) is 4.42 Å². The number of nitrogens with zero attached hydrogens (tertiary/aromatic N) is 1. The van der Waals surface area contributed by atoms with E-state index < -0.39 is 0 Å². The summed E-state index contributed by atoms with van der Waals surface area (Å²) in [6.07, 6.45) is 6.42. The molecule has 0 spiro atoms. The molecular weight excluding hydrogens is 585 g/mol. The summed E-state index contributed by atoms with van der Waals surface area (Å²) in [5.41, 5.74) is 12.1. The highest BCUT2D eigenvalue weighted by Crippen LogP contribution is 2.44. The Morgan fingerprint density at radius 1 is 0.521 bits per heavy atom. The van der Waals surface area contributed by atoms with Crippen LogP contribution in [0.2, 0.25) is 0 Å². The molecule has 1 N–H and O–H groups in total.